The van der Waals surface area contributed by atoms with E-state index >= 15 is 0 Å². The van der Waals surface area contributed by atoms with Gasteiger partial charge < -0.3 is 20.4 Å². The number of amides is 1. The number of hydrogen-bond acceptors (Lipinski definition) is 6. The third-order valence-electron chi connectivity index (χ3n) is 5.34. The maximum Gasteiger partial charge on any atom is 0.338 e. The van der Waals surface area contributed by atoms with Gasteiger partial charge in [0.1, 0.15) is 0 Å². The van der Waals surface area contributed by atoms with Gasteiger partial charge in [0.25, 0.3) is 0 Å². The molecule has 1 aromatic carbocycles. The molecule has 9 heteroatoms. The van der Waals surface area contributed by atoms with E-state index in [9.17, 15) is 24.6 Å². The number of aromatic carboxylic acids is 2. The van der Waals surface area contributed by atoms with Gasteiger partial charge in [0.15, 0.2) is 0 Å². The maximum absolute atomic E-state index is 12.2. The average Bonchev–Trinajstić information content (AvgIpc) is 2.76. The molecule has 0 bridgehead atoms. The highest BCUT2D eigenvalue weighted by atomic mass is 16.4. The van der Waals surface area contributed by atoms with E-state index in [1.807, 2.05) is 13.0 Å². The fourth-order valence-electron chi connectivity index (χ4n) is 3.76. The van der Waals surface area contributed by atoms with Crippen LogP contribution in [0.15, 0.2) is 42.6 Å². The molecule has 2 aromatic heterocycles. The Bertz CT molecular complexity index is 1270. The van der Waals surface area contributed by atoms with Crippen LogP contribution in [-0.4, -0.2) is 45.1 Å². The Morgan fingerprint density at radius 3 is 2.53 bits per heavy atom. The molecule has 3 N–H and O–H groups in total. The van der Waals surface area contributed by atoms with Gasteiger partial charge in [-0.05, 0) is 37.3 Å². The van der Waals surface area contributed by atoms with Crippen molar-refractivity contribution in [2.75, 3.05) is 17.3 Å². The van der Waals surface area contributed by atoms with Crippen LogP contribution in [0.4, 0.5) is 17.1 Å². The number of carboxylic acids is 2. The third-order valence-corrected chi connectivity index (χ3v) is 5.34. The average molecular weight is 432 g/mol. The molecule has 0 fully saturated rings. The van der Waals surface area contributed by atoms with E-state index in [1.165, 1.54) is 23.1 Å². The Kier molecular flexibility index (Phi) is 5.31. The van der Waals surface area contributed by atoms with E-state index in [4.69, 9.17) is 4.98 Å². The number of fused-ring (bicyclic) bond motifs is 1. The molecule has 0 spiro atoms. The van der Waals surface area contributed by atoms with Crippen molar-refractivity contribution in [2.45, 2.75) is 19.8 Å². The number of hydrogen-bond donors (Lipinski definition) is 3. The van der Waals surface area contributed by atoms with Crippen molar-refractivity contribution in [2.24, 2.45) is 0 Å². The predicted molar refractivity (Wildman–Crippen MR) is 118 cm³/mol. The first kappa shape index (κ1) is 21.0. The molecule has 9 nitrogen and oxygen atoms in total. The fraction of sp³-hybridized carbons (Fsp3) is 0.174. The van der Waals surface area contributed by atoms with Crippen LogP contribution in [0.25, 0.3) is 11.3 Å². The lowest BCUT2D eigenvalue weighted by Gasteiger charge is -2.27. The number of rotatable bonds is 5. The molecule has 0 radical (unpaired) electrons. The second kappa shape index (κ2) is 8.10. The van der Waals surface area contributed by atoms with Gasteiger partial charge in [0.05, 0.1) is 39.6 Å². The minimum Gasteiger partial charge on any atom is -0.478 e. The molecule has 3 aromatic rings. The van der Waals surface area contributed by atoms with Crippen LogP contribution in [0, 0.1) is 6.92 Å². The second-order valence-corrected chi connectivity index (χ2v) is 7.45. The highest BCUT2D eigenvalue weighted by molar-refractivity contribution is 6.06. The molecular formula is C23H20N4O5. The van der Waals surface area contributed by atoms with E-state index in [0.29, 0.717) is 29.9 Å². The first-order valence-electron chi connectivity index (χ1n) is 9.86. The summed E-state index contributed by atoms with van der Waals surface area (Å²) in [5.74, 6) is -2.76. The molecular weight excluding hydrogens is 412 g/mol. The van der Waals surface area contributed by atoms with E-state index in [2.05, 4.69) is 10.3 Å². The summed E-state index contributed by atoms with van der Waals surface area (Å²) >= 11 is 0. The number of aryl methyl sites for hydroxylation is 2. The van der Waals surface area contributed by atoms with Gasteiger partial charge in [-0.2, -0.15) is 0 Å². The van der Waals surface area contributed by atoms with Crippen molar-refractivity contribution in [1.82, 2.24) is 9.97 Å². The van der Waals surface area contributed by atoms with Crippen LogP contribution in [-0.2, 0) is 11.2 Å². The van der Waals surface area contributed by atoms with E-state index in [-0.39, 0.29) is 22.7 Å². The SMILES string of the molecule is Cc1cc(-c2nc3c(cc2Nc2cccc(C(=O)O)c2C(=O)O)N(C)C(=O)CC3)ccn1. The third kappa shape index (κ3) is 3.76. The van der Waals surface area contributed by atoms with Crippen molar-refractivity contribution in [3.8, 4) is 11.3 Å². The number of carbonyl (C=O) groups excluding carboxylic acids is 1. The number of carboxylic acid groups (broad SMARTS) is 2. The molecule has 0 saturated heterocycles. The lowest BCUT2D eigenvalue weighted by molar-refractivity contribution is -0.118. The first-order valence-corrected chi connectivity index (χ1v) is 9.86. The van der Waals surface area contributed by atoms with E-state index in [0.717, 1.165) is 17.0 Å². The van der Waals surface area contributed by atoms with Crippen molar-refractivity contribution in [1.29, 1.82) is 0 Å². The minimum atomic E-state index is -1.37. The molecule has 1 amide bonds. The van der Waals surface area contributed by atoms with Gasteiger partial charge in [0.2, 0.25) is 5.91 Å². The van der Waals surface area contributed by atoms with Crippen molar-refractivity contribution < 1.29 is 24.6 Å². The highest BCUT2D eigenvalue weighted by Gasteiger charge is 2.26. The van der Waals surface area contributed by atoms with Gasteiger partial charge >= 0.3 is 11.9 Å². The molecule has 162 valence electrons. The summed E-state index contributed by atoms with van der Waals surface area (Å²) in [6.07, 6.45) is 2.49. The van der Waals surface area contributed by atoms with Gasteiger partial charge in [-0.15, -0.1) is 0 Å². The Balaban J connectivity index is 1.92. The molecule has 0 atom stereocenters. The number of anilines is 3. The number of carbonyl (C=O) groups is 3. The predicted octanol–water partition coefficient (Wildman–Crippen LogP) is 3.50. The lowest BCUT2D eigenvalue weighted by atomic mass is 10.0. The number of nitrogens with one attached hydrogen (secondary N) is 1. The van der Waals surface area contributed by atoms with Crippen LogP contribution in [0.5, 0.6) is 0 Å². The monoisotopic (exact) mass is 432 g/mol. The van der Waals surface area contributed by atoms with Crippen molar-refractivity contribution in [3.05, 3.63) is 65.1 Å². The fourth-order valence-corrected chi connectivity index (χ4v) is 3.76. The van der Waals surface area contributed by atoms with Gasteiger partial charge in [-0.1, -0.05) is 6.07 Å². The zero-order valence-corrected chi connectivity index (χ0v) is 17.4. The summed E-state index contributed by atoms with van der Waals surface area (Å²) < 4.78 is 0. The molecule has 1 aliphatic rings. The lowest BCUT2D eigenvalue weighted by Crippen LogP contribution is -2.31. The Labute approximate surface area is 183 Å². The van der Waals surface area contributed by atoms with Gasteiger partial charge in [0, 0.05) is 37.3 Å². The quantitative estimate of drug-likeness (QED) is 0.558. The van der Waals surface area contributed by atoms with E-state index < -0.39 is 11.9 Å². The molecule has 4 rings (SSSR count). The summed E-state index contributed by atoms with van der Waals surface area (Å²) in [7, 11) is 1.66. The summed E-state index contributed by atoms with van der Waals surface area (Å²) in [4.78, 5) is 46.2. The smallest absolute Gasteiger partial charge is 0.338 e. The standard InChI is InChI=1S/C23H20N4O5/c1-12-10-13(8-9-24-12)21-17(11-18-15(26-21)6-7-19(28)27(18)2)25-16-5-3-4-14(22(29)30)20(16)23(31)32/h3-5,8-11,25H,6-7H2,1-2H3,(H,29,30)(H,31,32). The van der Waals surface area contributed by atoms with Crippen molar-refractivity contribution >= 4 is 34.9 Å². The topological polar surface area (TPSA) is 133 Å². The molecule has 32 heavy (non-hydrogen) atoms. The summed E-state index contributed by atoms with van der Waals surface area (Å²) in [6, 6.07) is 9.58. The molecule has 0 unspecified atom stereocenters. The minimum absolute atomic E-state index is 0.0446. The first-order chi connectivity index (χ1) is 15.3. The zero-order valence-electron chi connectivity index (χ0n) is 17.4. The van der Waals surface area contributed by atoms with Crippen LogP contribution < -0.4 is 10.2 Å². The number of nitrogens with zero attached hydrogens (tertiary/aromatic N) is 3. The second-order valence-electron chi connectivity index (χ2n) is 7.45. The normalized spacial score (nSPS) is 12.9. The molecule has 0 saturated carbocycles. The molecule has 1 aliphatic heterocycles. The number of pyridine rings is 2. The van der Waals surface area contributed by atoms with Crippen LogP contribution in [0.3, 0.4) is 0 Å². The summed E-state index contributed by atoms with van der Waals surface area (Å²) in [6.45, 7) is 1.85. The maximum atomic E-state index is 12.2. The number of aromatic nitrogens is 2. The van der Waals surface area contributed by atoms with Gasteiger partial charge in [-0.3, -0.25) is 9.78 Å². The van der Waals surface area contributed by atoms with E-state index in [1.54, 1.807) is 25.4 Å². The summed E-state index contributed by atoms with van der Waals surface area (Å²) in [5, 5.41) is 22.2. The number of benzene rings is 1. The summed E-state index contributed by atoms with van der Waals surface area (Å²) in [5.41, 5.74) is 3.31. The molecule has 3 heterocycles. The highest BCUT2D eigenvalue weighted by Crippen LogP contribution is 2.37. The Morgan fingerprint density at radius 2 is 1.84 bits per heavy atom. The zero-order chi connectivity index (χ0) is 23.0. The van der Waals surface area contributed by atoms with Crippen LogP contribution >= 0.6 is 0 Å². The van der Waals surface area contributed by atoms with Crippen LogP contribution in [0.2, 0.25) is 0 Å². The van der Waals surface area contributed by atoms with Crippen LogP contribution in [0.1, 0.15) is 38.5 Å². The molecule has 0 aliphatic carbocycles. The van der Waals surface area contributed by atoms with Gasteiger partial charge in [-0.25, -0.2) is 14.6 Å². The van der Waals surface area contributed by atoms with Crippen molar-refractivity contribution in [3.63, 3.8) is 0 Å². The largest absolute Gasteiger partial charge is 0.478 e. The Hall–Kier alpha value is -4.27. The Morgan fingerprint density at radius 1 is 1.06 bits per heavy atom.